The van der Waals surface area contributed by atoms with Gasteiger partial charge in [0.1, 0.15) is 18.3 Å². The zero-order chi connectivity index (χ0) is 34.8. The maximum atomic E-state index is 14.8. The minimum atomic E-state index is -4.28. The monoisotopic (exact) mass is 721 g/mol. The lowest BCUT2D eigenvalue weighted by Gasteiger charge is -2.35. The molecule has 1 aliphatic carbocycles. The minimum Gasteiger partial charge on any atom is -0.492 e. The molecular weight excluding hydrogens is 681 g/mol. The number of hydrogen-bond donors (Lipinski definition) is 1. The van der Waals surface area contributed by atoms with Gasteiger partial charge in [0.25, 0.3) is 10.0 Å². The molecule has 2 amide bonds. The summed E-state index contributed by atoms with van der Waals surface area (Å²) in [4.78, 5) is 30.6. The molecule has 49 heavy (non-hydrogen) atoms. The summed E-state index contributed by atoms with van der Waals surface area (Å²) in [5.41, 5.74) is 1.62. The fourth-order valence-corrected chi connectivity index (χ4v) is 8.02. The Morgan fingerprint density at radius 1 is 0.878 bits per heavy atom. The van der Waals surface area contributed by atoms with Crippen molar-refractivity contribution in [3.8, 4) is 5.75 Å². The summed E-state index contributed by atoms with van der Waals surface area (Å²) in [6, 6.07) is 28.1. The van der Waals surface area contributed by atoms with E-state index in [1.54, 1.807) is 67.6 Å². The number of ether oxygens (including phenoxy) is 1. The smallest absolute Gasteiger partial charge is 0.264 e. The van der Waals surface area contributed by atoms with Crippen molar-refractivity contribution in [3.63, 3.8) is 0 Å². The first-order valence-corrected chi connectivity index (χ1v) is 18.7. The lowest BCUT2D eigenvalue weighted by atomic mass is 9.94. The topological polar surface area (TPSA) is 96.0 Å². The number of nitrogens with one attached hydrogen (secondary N) is 1. The van der Waals surface area contributed by atoms with E-state index in [1.165, 1.54) is 17.0 Å². The summed E-state index contributed by atoms with van der Waals surface area (Å²) in [5.74, 6) is -0.585. The first-order valence-electron chi connectivity index (χ1n) is 16.5. The molecule has 0 aromatic heterocycles. The molecule has 1 fully saturated rings. The Bertz CT molecular complexity index is 1820. The van der Waals surface area contributed by atoms with E-state index < -0.39 is 28.5 Å². The second-order valence-electron chi connectivity index (χ2n) is 12.0. The third kappa shape index (κ3) is 9.35. The van der Waals surface area contributed by atoms with Crippen LogP contribution in [0.1, 0.15) is 50.2 Å². The zero-order valence-electron chi connectivity index (χ0n) is 27.4. The van der Waals surface area contributed by atoms with Crippen LogP contribution in [0, 0.1) is 0 Å². The molecule has 8 nitrogen and oxygen atoms in total. The molecule has 1 saturated carbocycles. The molecule has 0 saturated heterocycles. The van der Waals surface area contributed by atoms with Gasteiger partial charge in [0.2, 0.25) is 11.8 Å². The van der Waals surface area contributed by atoms with Crippen LogP contribution in [0.2, 0.25) is 10.0 Å². The highest BCUT2D eigenvalue weighted by Crippen LogP contribution is 2.33. The summed E-state index contributed by atoms with van der Waals surface area (Å²) < 4.78 is 35.6. The molecule has 4 aromatic rings. The van der Waals surface area contributed by atoms with E-state index in [-0.39, 0.29) is 42.1 Å². The molecule has 0 bridgehead atoms. The molecule has 5 rings (SSSR count). The normalized spacial score (nSPS) is 14.1. The highest BCUT2D eigenvalue weighted by molar-refractivity contribution is 7.92. The third-order valence-corrected chi connectivity index (χ3v) is 11.0. The van der Waals surface area contributed by atoms with Crippen LogP contribution >= 0.6 is 23.2 Å². The van der Waals surface area contributed by atoms with Crippen molar-refractivity contribution in [2.45, 2.75) is 69.0 Å². The van der Waals surface area contributed by atoms with Crippen molar-refractivity contribution in [3.05, 3.63) is 124 Å². The number of benzene rings is 4. The lowest BCUT2D eigenvalue weighted by Crippen LogP contribution is -2.55. The van der Waals surface area contributed by atoms with Crippen molar-refractivity contribution in [1.29, 1.82) is 0 Å². The van der Waals surface area contributed by atoms with Gasteiger partial charge >= 0.3 is 0 Å². The average molecular weight is 723 g/mol. The summed E-state index contributed by atoms with van der Waals surface area (Å²) >= 11 is 12.9. The van der Waals surface area contributed by atoms with Gasteiger partial charge in [-0.1, -0.05) is 109 Å². The maximum Gasteiger partial charge on any atom is 0.264 e. The average Bonchev–Trinajstić information content (AvgIpc) is 3.11. The number of para-hydroxylation sites is 2. The number of halogens is 2. The van der Waals surface area contributed by atoms with Crippen LogP contribution < -0.4 is 14.4 Å². The summed E-state index contributed by atoms with van der Waals surface area (Å²) in [6.45, 7) is 1.42. The summed E-state index contributed by atoms with van der Waals surface area (Å²) in [5, 5.41) is 3.96. The van der Waals surface area contributed by atoms with Gasteiger partial charge in [0.05, 0.1) is 17.2 Å². The Labute approximate surface area is 299 Å². The molecule has 258 valence electrons. The van der Waals surface area contributed by atoms with Crippen LogP contribution in [0.4, 0.5) is 5.69 Å². The number of nitrogens with zero attached hydrogens (tertiary/aromatic N) is 2. The molecule has 0 heterocycles. The van der Waals surface area contributed by atoms with E-state index in [4.69, 9.17) is 27.9 Å². The van der Waals surface area contributed by atoms with Gasteiger partial charge in [-0.05, 0) is 67.3 Å². The van der Waals surface area contributed by atoms with Gasteiger partial charge in [-0.25, -0.2) is 8.42 Å². The van der Waals surface area contributed by atoms with E-state index >= 15 is 0 Å². The Morgan fingerprint density at radius 3 is 2.20 bits per heavy atom. The Morgan fingerprint density at radius 2 is 1.53 bits per heavy atom. The molecule has 1 aliphatic rings. The lowest BCUT2D eigenvalue weighted by molar-refractivity contribution is -0.140. The Hall–Kier alpha value is -4.05. The van der Waals surface area contributed by atoms with Crippen molar-refractivity contribution in [1.82, 2.24) is 10.2 Å². The van der Waals surface area contributed by atoms with E-state index in [0.29, 0.717) is 21.4 Å². The SMILES string of the molecule is CCOc1ccccc1N(CC(=O)N(Cc1ccc(Cl)cc1Cl)[C@@H](Cc1ccccc1)C(=O)NC1CCCCC1)S(=O)(=O)c1ccccc1. The van der Waals surface area contributed by atoms with Crippen LogP contribution in [0.25, 0.3) is 0 Å². The van der Waals surface area contributed by atoms with Gasteiger partial charge in [-0.2, -0.15) is 0 Å². The number of hydrogen-bond acceptors (Lipinski definition) is 5. The summed E-state index contributed by atoms with van der Waals surface area (Å²) in [7, 11) is -4.28. The first-order chi connectivity index (χ1) is 23.7. The standard InChI is InChI=1S/C38H41Cl2N3O5S/c1-2-48-36-21-13-12-20-34(36)43(49(46,47)32-18-10-5-11-19-32)27-37(44)42(26-29-22-23-30(39)25-33(29)40)35(24-28-14-6-3-7-15-28)38(45)41-31-16-8-4-9-17-31/h3,5-7,10-15,18-23,25,31,35H,2,4,8-9,16-17,24,26-27H2,1H3,(H,41,45)/t35-/m0/s1. The largest absolute Gasteiger partial charge is 0.492 e. The molecule has 0 radical (unpaired) electrons. The summed E-state index contributed by atoms with van der Waals surface area (Å²) in [6.07, 6.45) is 5.08. The second-order valence-corrected chi connectivity index (χ2v) is 14.7. The van der Waals surface area contributed by atoms with Crippen molar-refractivity contribution >= 4 is 50.7 Å². The highest BCUT2D eigenvalue weighted by Gasteiger charge is 2.36. The van der Waals surface area contributed by atoms with Gasteiger partial charge < -0.3 is 15.0 Å². The predicted molar refractivity (Wildman–Crippen MR) is 195 cm³/mol. The first kappa shape index (κ1) is 36.2. The van der Waals surface area contributed by atoms with E-state index in [9.17, 15) is 18.0 Å². The van der Waals surface area contributed by atoms with Gasteiger partial charge in [-0.3, -0.25) is 13.9 Å². The van der Waals surface area contributed by atoms with Crippen LogP contribution in [0.3, 0.4) is 0 Å². The predicted octanol–water partition coefficient (Wildman–Crippen LogP) is 7.68. The fourth-order valence-electron chi connectivity index (χ4n) is 6.11. The van der Waals surface area contributed by atoms with Crippen LogP contribution in [-0.2, 0) is 32.6 Å². The number of amides is 2. The minimum absolute atomic E-state index is 0.0105. The number of rotatable bonds is 14. The molecule has 0 spiro atoms. The number of carbonyl (C=O) groups is 2. The molecular formula is C38H41Cl2N3O5S. The van der Waals surface area contributed by atoms with Crippen LogP contribution in [0.15, 0.2) is 108 Å². The molecule has 4 aromatic carbocycles. The van der Waals surface area contributed by atoms with E-state index in [0.717, 1.165) is 42.0 Å². The van der Waals surface area contributed by atoms with E-state index in [2.05, 4.69) is 5.32 Å². The zero-order valence-corrected chi connectivity index (χ0v) is 29.8. The number of anilines is 1. The van der Waals surface area contributed by atoms with Gasteiger partial charge in [0, 0.05) is 29.1 Å². The van der Waals surface area contributed by atoms with Gasteiger partial charge in [0.15, 0.2) is 0 Å². The number of carbonyl (C=O) groups excluding carboxylic acids is 2. The molecule has 0 unspecified atom stereocenters. The van der Waals surface area contributed by atoms with Crippen molar-refractivity contribution in [2.24, 2.45) is 0 Å². The van der Waals surface area contributed by atoms with E-state index in [1.807, 2.05) is 30.3 Å². The van der Waals surface area contributed by atoms with Crippen molar-refractivity contribution in [2.75, 3.05) is 17.5 Å². The number of sulfonamides is 1. The molecule has 11 heteroatoms. The van der Waals surface area contributed by atoms with Crippen molar-refractivity contribution < 1.29 is 22.7 Å². The Balaban J connectivity index is 1.60. The second kappa shape index (κ2) is 17.1. The molecule has 1 atom stereocenters. The van der Waals surface area contributed by atoms with Gasteiger partial charge in [-0.15, -0.1) is 0 Å². The third-order valence-electron chi connectivity index (χ3n) is 8.62. The molecule has 1 N–H and O–H groups in total. The van der Waals surface area contributed by atoms with Crippen LogP contribution in [-0.4, -0.2) is 50.4 Å². The molecule has 0 aliphatic heterocycles. The fraction of sp³-hybridized carbons (Fsp3) is 0.316. The maximum absolute atomic E-state index is 14.8. The van der Waals surface area contributed by atoms with Crippen LogP contribution in [0.5, 0.6) is 5.75 Å². The quantitative estimate of drug-likeness (QED) is 0.144. The highest BCUT2D eigenvalue weighted by atomic mass is 35.5. The Kier molecular flexibility index (Phi) is 12.6.